The number of aliphatic carboxylic acids is 1. The molecule has 0 aliphatic rings. The van der Waals surface area contributed by atoms with E-state index in [0.29, 0.717) is 12.1 Å². The van der Waals surface area contributed by atoms with Crippen LogP contribution in [-0.4, -0.2) is 22.5 Å². The van der Waals surface area contributed by atoms with Crippen molar-refractivity contribution >= 4 is 17.3 Å². The number of rotatable bonds is 6. The van der Waals surface area contributed by atoms with Gasteiger partial charge in [0.2, 0.25) is 0 Å². The highest BCUT2D eigenvalue weighted by Crippen LogP contribution is 2.24. The molecule has 0 amide bonds. The molecule has 2 N–H and O–H groups in total. The quantitative estimate of drug-likeness (QED) is 0.613. The van der Waals surface area contributed by atoms with Crippen molar-refractivity contribution in [3.63, 3.8) is 0 Å². The van der Waals surface area contributed by atoms with Crippen LogP contribution in [0.3, 0.4) is 0 Å². The van der Waals surface area contributed by atoms with Crippen LogP contribution in [-0.2, 0) is 4.79 Å². The molecule has 1 rings (SSSR count). The summed E-state index contributed by atoms with van der Waals surface area (Å²) in [6.45, 7) is 1.51. The number of nitro benzene ring substituents is 1. The standard InChI is InChI=1S/C11H12F2N2O4/c1-6(11(16)17)2-3-14-10-8(12)4-7(15(18)19)5-9(10)13/h4-6,14H,2-3H2,1H3,(H,16,17). The predicted octanol–water partition coefficient (Wildman–Crippen LogP) is 2.40. The van der Waals surface area contributed by atoms with E-state index in [2.05, 4.69) is 5.32 Å². The van der Waals surface area contributed by atoms with E-state index in [1.807, 2.05) is 0 Å². The zero-order valence-electron chi connectivity index (χ0n) is 10.0. The number of carbonyl (C=O) groups is 1. The first-order chi connectivity index (χ1) is 8.82. The molecule has 1 unspecified atom stereocenters. The molecular weight excluding hydrogens is 262 g/mol. The zero-order chi connectivity index (χ0) is 14.6. The maximum Gasteiger partial charge on any atom is 0.306 e. The lowest BCUT2D eigenvalue weighted by atomic mass is 10.1. The van der Waals surface area contributed by atoms with E-state index in [4.69, 9.17) is 5.11 Å². The van der Waals surface area contributed by atoms with E-state index in [1.54, 1.807) is 0 Å². The van der Waals surface area contributed by atoms with E-state index in [1.165, 1.54) is 6.92 Å². The van der Waals surface area contributed by atoms with Crippen molar-refractivity contribution in [2.75, 3.05) is 11.9 Å². The largest absolute Gasteiger partial charge is 0.481 e. The number of anilines is 1. The van der Waals surface area contributed by atoms with Crippen LogP contribution in [0.25, 0.3) is 0 Å². The van der Waals surface area contributed by atoms with Gasteiger partial charge in [0.1, 0.15) is 5.69 Å². The fourth-order valence-electron chi connectivity index (χ4n) is 1.37. The van der Waals surface area contributed by atoms with Gasteiger partial charge in [-0.1, -0.05) is 6.92 Å². The number of halogens is 2. The lowest BCUT2D eigenvalue weighted by molar-refractivity contribution is -0.385. The van der Waals surface area contributed by atoms with Crippen LogP contribution in [0.1, 0.15) is 13.3 Å². The number of carboxylic acid groups (broad SMARTS) is 1. The van der Waals surface area contributed by atoms with Crippen LogP contribution in [0.4, 0.5) is 20.2 Å². The molecule has 0 spiro atoms. The van der Waals surface area contributed by atoms with Gasteiger partial charge < -0.3 is 10.4 Å². The molecule has 0 aliphatic carbocycles. The second-order valence-electron chi connectivity index (χ2n) is 4.00. The third-order valence-corrected chi connectivity index (χ3v) is 2.54. The van der Waals surface area contributed by atoms with Crippen molar-refractivity contribution in [1.82, 2.24) is 0 Å². The van der Waals surface area contributed by atoms with Crippen molar-refractivity contribution in [2.24, 2.45) is 5.92 Å². The Morgan fingerprint density at radius 2 is 2.00 bits per heavy atom. The van der Waals surface area contributed by atoms with Crippen molar-refractivity contribution in [1.29, 1.82) is 0 Å². The van der Waals surface area contributed by atoms with Gasteiger partial charge in [-0.25, -0.2) is 8.78 Å². The van der Waals surface area contributed by atoms with Crippen LogP contribution in [0, 0.1) is 27.7 Å². The first-order valence-electron chi connectivity index (χ1n) is 5.43. The Balaban J connectivity index is 2.74. The minimum atomic E-state index is -1.09. The number of nitrogens with zero attached hydrogens (tertiary/aromatic N) is 1. The van der Waals surface area contributed by atoms with Gasteiger partial charge in [0.15, 0.2) is 11.6 Å². The van der Waals surface area contributed by atoms with E-state index in [9.17, 15) is 23.7 Å². The normalized spacial score (nSPS) is 11.9. The van der Waals surface area contributed by atoms with Gasteiger partial charge in [-0.2, -0.15) is 0 Å². The van der Waals surface area contributed by atoms with E-state index in [-0.39, 0.29) is 13.0 Å². The summed E-state index contributed by atoms with van der Waals surface area (Å²) in [5.41, 5.74) is -1.18. The zero-order valence-corrected chi connectivity index (χ0v) is 10.0. The summed E-state index contributed by atoms with van der Waals surface area (Å²) < 4.78 is 26.9. The van der Waals surface area contributed by atoms with E-state index >= 15 is 0 Å². The Morgan fingerprint density at radius 3 is 2.42 bits per heavy atom. The van der Waals surface area contributed by atoms with Crippen molar-refractivity contribution in [2.45, 2.75) is 13.3 Å². The molecular formula is C11H12F2N2O4. The Bertz CT molecular complexity index is 484. The average Bonchev–Trinajstić information content (AvgIpc) is 2.31. The number of nitro groups is 1. The van der Waals surface area contributed by atoms with Gasteiger partial charge in [0.05, 0.1) is 23.0 Å². The third kappa shape index (κ3) is 3.87. The lowest BCUT2D eigenvalue weighted by Gasteiger charge is -2.10. The first-order valence-corrected chi connectivity index (χ1v) is 5.43. The molecule has 0 saturated carbocycles. The van der Waals surface area contributed by atoms with Crippen LogP contribution in [0.2, 0.25) is 0 Å². The molecule has 0 aliphatic heterocycles. The fraction of sp³-hybridized carbons (Fsp3) is 0.364. The molecule has 1 aromatic carbocycles. The molecule has 8 heteroatoms. The maximum absolute atomic E-state index is 13.4. The van der Waals surface area contributed by atoms with Gasteiger partial charge in [-0.05, 0) is 6.42 Å². The maximum atomic E-state index is 13.4. The highest BCUT2D eigenvalue weighted by Gasteiger charge is 2.17. The number of benzene rings is 1. The monoisotopic (exact) mass is 274 g/mol. The summed E-state index contributed by atoms with van der Waals surface area (Å²) in [6, 6.07) is 1.21. The molecule has 0 saturated heterocycles. The van der Waals surface area contributed by atoms with E-state index in [0.717, 1.165) is 0 Å². The molecule has 0 bridgehead atoms. The van der Waals surface area contributed by atoms with Crippen LogP contribution in [0.15, 0.2) is 12.1 Å². The molecule has 1 atom stereocenters. The van der Waals surface area contributed by atoms with Crippen molar-refractivity contribution < 1.29 is 23.6 Å². The SMILES string of the molecule is CC(CCNc1c(F)cc([N+](=O)[O-])cc1F)C(=O)O. The first kappa shape index (κ1) is 14.8. The topological polar surface area (TPSA) is 92.5 Å². The van der Waals surface area contributed by atoms with Gasteiger partial charge in [-0.3, -0.25) is 14.9 Å². The number of carboxylic acids is 1. The summed E-state index contributed by atoms with van der Waals surface area (Å²) in [7, 11) is 0. The second-order valence-corrected chi connectivity index (χ2v) is 4.00. The Labute approximate surface area is 107 Å². The predicted molar refractivity (Wildman–Crippen MR) is 62.9 cm³/mol. The highest BCUT2D eigenvalue weighted by molar-refractivity contribution is 5.69. The molecule has 0 heterocycles. The summed E-state index contributed by atoms with van der Waals surface area (Å²) in [5, 5.41) is 21.4. The van der Waals surface area contributed by atoms with Gasteiger partial charge in [0.25, 0.3) is 5.69 Å². The fourth-order valence-corrected chi connectivity index (χ4v) is 1.37. The molecule has 1 aromatic rings. The summed E-state index contributed by atoms with van der Waals surface area (Å²) in [5.74, 6) is -3.84. The minimum Gasteiger partial charge on any atom is -0.481 e. The molecule has 0 fully saturated rings. The second kappa shape index (κ2) is 6.07. The van der Waals surface area contributed by atoms with E-state index < -0.39 is 39.8 Å². The number of hydrogen-bond donors (Lipinski definition) is 2. The number of hydrogen-bond acceptors (Lipinski definition) is 4. The Morgan fingerprint density at radius 1 is 1.47 bits per heavy atom. The van der Waals surface area contributed by atoms with Crippen LogP contribution in [0.5, 0.6) is 0 Å². The van der Waals surface area contributed by atoms with Crippen LogP contribution >= 0.6 is 0 Å². The van der Waals surface area contributed by atoms with Gasteiger partial charge in [0, 0.05) is 6.54 Å². The van der Waals surface area contributed by atoms with Crippen LogP contribution < -0.4 is 5.32 Å². The van der Waals surface area contributed by atoms with Crippen molar-refractivity contribution in [3.05, 3.63) is 33.9 Å². The number of non-ortho nitro benzene ring substituents is 1. The Hall–Kier alpha value is -2.25. The molecule has 19 heavy (non-hydrogen) atoms. The van der Waals surface area contributed by atoms with Gasteiger partial charge in [-0.15, -0.1) is 0 Å². The summed E-state index contributed by atoms with van der Waals surface area (Å²) >= 11 is 0. The summed E-state index contributed by atoms with van der Waals surface area (Å²) in [6.07, 6.45) is 0.172. The smallest absolute Gasteiger partial charge is 0.306 e. The minimum absolute atomic E-state index is 0.0408. The summed E-state index contributed by atoms with van der Waals surface area (Å²) in [4.78, 5) is 20.0. The van der Waals surface area contributed by atoms with Gasteiger partial charge >= 0.3 is 5.97 Å². The Kier molecular flexibility index (Phi) is 4.74. The lowest BCUT2D eigenvalue weighted by Crippen LogP contribution is -2.15. The third-order valence-electron chi connectivity index (χ3n) is 2.54. The van der Waals surface area contributed by atoms with Crippen molar-refractivity contribution in [3.8, 4) is 0 Å². The average molecular weight is 274 g/mol. The molecule has 0 aromatic heterocycles. The molecule has 6 nitrogen and oxygen atoms in total. The molecule has 0 radical (unpaired) electrons. The highest BCUT2D eigenvalue weighted by atomic mass is 19.1. The number of nitrogens with one attached hydrogen (secondary N) is 1. The molecule has 104 valence electrons.